The van der Waals surface area contributed by atoms with Gasteiger partial charge in [-0.2, -0.15) is 0 Å². The monoisotopic (exact) mass is 386 g/mol. The fourth-order valence-corrected chi connectivity index (χ4v) is 2.71. The van der Waals surface area contributed by atoms with Crippen LogP contribution in [0.25, 0.3) is 0 Å². The minimum absolute atomic E-state index is 0.246. The summed E-state index contributed by atoms with van der Waals surface area (Å²) in [5, 5.41) is 0. The molecule has 0 aliphatic rings. The Morgan fingerprint density at radius 1 is 0.786 bits per heavy atom. The summed E-state index contributed by atoms with van der Waals surface area (Å²) in [6.45, 7) is 0.907. The van der Waals surface area contributed by atoms with E-state index in [1.807, 2.05) is 30.3 Å². The fourth-order valence-electron chi connectivity index (χ4n) is 2.71. The van der Waals surface area contributed by atoms with E-state index in [1.165, 1.54) is 14.2 Å². The highest BCUT2D eigenvalue weighted by Crippen LogP contribution is 2.18. The molecule has 2 aromatic rings. The number of hydrogen-bond acceptors (Lipinski definition) is 6. The van der Waals surface area contributed by atoms with Crippen molar-refractivity contribution < 1.29 is 28.5 Å². The van der Waals surface area contributed by atoms with Crippen molar-refractivity contribution in [1.29, 1.82) is 0 Å². The van der Waals surface area contributed by atoms with Gasteiger partial charge < -0.3 is 18.9 Å². The van der Waals surface area contributed by atoms with Crippen LogP contribution < -0.4 is 9.47 Å². The van der Waals surface area contributed by atoms with Crippen LogP contribution in [0.4, 0.5) is 0 Å². The number of benzene rings is 2. The lowest BCUT2D eigenvalue weighted by atomic mass is 10.0. The largest absolute Gasteiger partial charge is 0.494 e. The predicted molar refractivity (Wildman–Crippen MR) is 105 cm³/mol. The Labute approximate surface area is 165 Å². The molecule has 1 unspecified atom stereocenters. The van der Waals surface area contributed by atoms with E-state index in [0.717, 1.165) is 12.2 Å². The molecule has 0 radical (unpaired) electrons. The van der Waals surface area contributed by atoms with Gasteiger partial charge >= 0.3 is 11.9 Å². The molecule has 0 fully saturated rings. The molecule has 0 aromatic heterocycles. The fraction of sp³-hybridized carbons (Fsp3) is 0.364. The second-order valence-electron chi connectivity index (χ2n) is 6.18. The van der Waals surface area contributed by atoms with E-state index in [9.17, 15) is 9.59 Å². The first kappa shape index (κ1) is 21.3. The molecule has 0 saturated heterocycles. The predicted octanol–water partition coefficient (Wildman–Crippen LogP) is 3.89. The number of hydrogen-bond donors (Lipinski definition) is 0. The maximum absolute atomic E-state index is 12.0. The van der Waals surface area contributed by atoms with Gasteiger partial charge in [0.2, 0.25) is 0 Å². The van der Waals surface area contributed by atoms with Gasteiger partial charge in [0.1, 0.15) is 11.5 Å². The molecule has 0 amide bonds. The molecule has 0 bridgehead atoms. The SMILES string of the molecule is COC(=O)c1ccc(OCCC(CCCOc2ccccc2)C(=O)OC)cc1. The minimum Gasteiger partial charge on any atom is -0.494 e. The van der Waals surface area contributed by atoms with E-state index >= 15 is 0 Å². The van der Waals surface area contributed by atoms with E-state index < -0.39 is 5.97 Å². The van der Waals surface area contributed by atoms with Crippen LogP contribution in [-0.2, 0) is 14.3 Å². The molecular formula is C22H26O6. The Balaban J connectivity index is 1.75. The molecule has 28 heavy (non-hydrogen) atoms. The standard InChI is InChI=1S/C22H26O6/c1-25-21(23)17(7-6-15-27-19-8-4-3-5-9-19)14-16-28-20-12-10-18(11-13-20)22(24)26-2/h3-5,8-13,17H,6-7,14-16H2,1-2H3. The first-order valence-corrected chi connectivity index (χ1v) is 9.21. The summed E-state index contributed by atoms with van der Waals surface area (Å²) < 4.78 is 20.9. The first-order valence-electron chi connectivity index (χ1n) is 9.21. The molecule has 150 valence electrons. The number of carbonyl (C=O) groups is 2. The summed E-state index contributed by atoms with van der Waals surface area (Å²) in [4.78, 5) is 23.4. The molecule has 0 aliphatic carbocycles. The zero-order valence-electron chi connectivity index (χ0n) is 16.3. The maximum atomic E-state index is 12.0. The zero-order valence-corrected chi connectivity index (χ0v) is 16.3. The van der Waals surface area contributed by atoms with Gasteiger partial charge in [-0.3, -0.25) is 4.79 Å². The van der Waals surface area contributed by atoms with Crippen LogP contribution in [0.5, 0.6) is 11.5 Å². The lowest BCUT2D eigenvalue weighted by Gasteiger charge is -2.15. The van der Waals surface area contributed by atoms with Crippen LogP contribution in [0.3, 0.4) is 0 Å². The topological polar surface area (TPSA) is 71.1 Å². The number of methoxy groups -OCH3 is 2. The van der Waals surface area contributed by atoms with Crippen molar-refractivity contribution in [2.24, 2.45) is 5.92 Å². The Kier molecular flexibility index (Phi) is 8.85. The summed E-state index contributed by atoms with van der Waals surface area (Å²) in [5.41, 5.74) is 0.459. The highest BCUT2D eigenvalue weighted by molar-refractivity contribution is 5.89. The van der Waals surface area contributed by atoms with Crippen LogP contribution in [0.15, 0.2) is 54.6 Å². The first-order chi connectivity index (χ1) is 13.6. The quantitative estimate of drug-likeness (QED) is 0.431. The van der Waals surface area contributed by atoms with Crippen molar-refractivity contribution in [2.45, 2.75) is 19.3 Å². The number of rotatable bonds is 11. The third kappa shape index (κ3) is 6.95. The van der Waals surface area contributed by atoms with Crippen LogP contribution >= 0.6 is 0 Å². The average molecular weight is 386 g/mol. The van der Waals surface area contributed by atoms with Gasteiger partial charge in [-0.15, -0.1) is 0 Å². The summed E-state index contributed by atoms with van der Waals surface area (Å²) in [6.07, 6.45) is 1.93. The van der Waals surface area contributed by atoms with Crippen LogP contribution in [0.2, 0.25) is 0 Å². The van der Waals surface area contributed by atoms with E-state index in [0.29, 0.717) is 37.4 Å². The summed E-state index contributed by atoms with van der Waals surface area (Å²) in [5.74, 6) is 0.553. The Morgan fingerprint density at radius 2 is 1.43 bits per heavy atom. The van der Waals surface area contributed by atoms with Crippen molar-refractivity contribution in [3.63, 3.8) is 0 Å². The lowest BCUT2D eigenvalue weighted by molar-refractivity contribution is -0.146. The molecule has 6 nitrogen and oxygen atoms in total. The molecule has 0 N–H and O–H groups in total. The second kappa shape index (κ2) is 11.6. The highest BCUT2D eigenvalue weighted by atomic mass is 16.5. The van der Waals surface area contributed by atoms with Gasteiger partial charge in [-0.1, -0.05) is 18.2 Å². The van der Waals surface area contributed by atoms with Gasteiger partial charge in [-0.25, -0.2) is 4.79 Å². The van der Waals surface area contributed by atoms with E-state index in [4.69, 9.17) is 14.2 Å². The Bertz CT molecular complexity index is 726. The van der Waals surface area contributed by atoms with Crippen LogP contribution in [-0.4, -0.2) is 39.4 Å². The third-order valence-electron chi connectivity index (χ3n) is 4.25. The van der Waals surface area contributed by atoms with Crippen molar-refractivity contribution in [2.75, 3.05) is 27.4 Å². The Hall–Kier alpha value is -3.02. The molecule has 0 heterocycles. The van der Waals surface area contributed by atoms with Gasteiger partial charge in [0.15, 0.2) is 0 Å². The molecule has 2 aromatic carbocycles. The van der Waals surface area contributed by atoms with E-state index in [1.54, 1.807) is 24.3 Å². The number of para-hydroxylation sites is 1. The van der Waals surface area contributed by atoms with Gasteiger partial charge in [0, 0.05) is 0 Å². The molecule has 0 saturated carbocycles. The number of carbonyl (C=O) groups excluding carboxylic acids is 2. The Morgan fingerprint density at radius 3 is 2.07 bits per heavy atom. The molecule has 1 atom stereocenters. The molecule has 6 heteroatoms. The molecule has 0 aliphatic heterocycles. The highest BCUT2D eigenvalue weighted by Gasteiger charge is 2.19. The van der Waals surface area contributed by atoms with Crippen molar-refractivity contribution in [1.82, 2.24) is 0 Å². The summed E-state index contributed by atoms with van der Waals surface area (Å²) in [7, 11) is 2.73. The van der Waals surface area contributed by atoms with Crippen molar-refractivity contribution in [3.05, 3.63) is 60.2 Å². The van der Waals surface area contributed by atoms with E-state index in [2.05, 4.69) is 4.74 Å². The van der Waals surface area contributed by atoms with Gasteiger partial charge in [0.05, 0.1) is 38.9 Å². The zero-order chi connectivity index (χ0) is 20.2. The van der Waals surface area contributed by atoms with Crippen LogP contribution in [0.1, 0.15) is 29.6 Å². The lowest BCUT2D eigenvalue weighted by Crippen LogP contribution is -2.20. The smallest absolute Gasteiger partial charge is 0.337 e. The normalized spacial score (nSPS) is 11.4. The van der Waals surface area contributed by atoms with Crippen LogP contribution in [0, 0.1) is 5.92 Å². The van der Waals surface area contributed by atoms with Crippen molar-refractivity contribution in [3.8, 4) is 11.5 Å². The average Bonchev–Trinajstić information content (AvgIpc) is 2.75. The molecule has 0 spiro atoms. The third-order valence-corrected chi connectivity index (χ3v) is 4.25. The minimum atomic E-state index is -0.393. The summed E-state index contributed by atoms with van der Waals surface area (Å²) in [6, 6.07) is 16.3. The molecular weight excluding hydrogens is 360 g/mol. The van der Waals surface area contributed by atoms with E-state index in [-0.39, 0.29) is 11.9 Å². The summed E-state index contributed by atoms with van der Waals surface area (Å²) >= 11 is 0. The van der Waals surface area contributed by atoms with Gasteiger partial charge in [0.25, 0.3) is 0 Å². The number of esters is 2. The van der Waals surface area contributed by atoms with Crippen molar-refractivity contribution >= 4 is 11.9 Å². The van der Waals surface area contributed by atoms with Gasteiger partial charge in [-0.05, 0) is 55.7 Å². The maximum Gasteiger partial charge on any atom is 0.337 e. The second-order valence-corrected chi connectivity index (χ2v) is 6.18. The number of ether oxygens (including phenoxy) is 4. The molecule has 2 rings (SSSR count).